The Morgan fingerprint density at radius 2 is 2.09 bits per heavy atom. The molecule has 0 saturated carbocycles. The van der Waals surface area contributed by atoms with Crippen molar-refractivity contribution in [1.82, 2.24) is 4.98 Å². The molecular weight excluding hydrogens is 294 g/mol. The van der Waals surface area contributed by atoms with Crippen molar-refractivity contribution in [3.63, 3.8) is 0 Å². The highest BCUT2D eigenvalue weighted by atomic mass is 16.5. The van der Waals surface area contributed by atoms with Crippen LogP contribution in [0.15, 0.2) is 36.4 Å². The van der Waals surface area contributed by atoms with Gasteiger partial charge in [0.05, 0.1) is 23.9 Å². The molecule has 0 unspecified atom stereocenters. The standard InChI is InChI=1S/C18H21NO4/c1-12(20)15-7-6-14-5-4-13(10-16(14)19-15)8-9-18(2,11-23-3)17(21)22/h4-10,12,20H,11H2,1-3H3,(H,21,22)/t12-,18-/m1/s1. The van der Waals surface area contributed by atoms with Gasteiger partial charge in [0.2, 0.25) is 0 Å². The largest absolute Gasteiger partial charge is 0.481 e. The Kier molecular flexibility index (Phi) is 5.13. The third-order valence-corrected chi connectivity index (χ3v) is 3.74. The molecule has 23 heavy (non-hydrogen) atoms. The minimum Gasteiger partial charge on any atom is -0.481 e. The van der Waals surface area contributed by atoms with Crippen molar-refractivity contribution in [2.24, 2.45) is 5.41 Å². The summed E-state index contributed by atoms with van der Waals surface area (Å²) in [6, 6.07) is 9.39. The zero-order chi connectivity index (χ0) is 17.0. The number of benzene rings is 1. The van der Waals surface area contributed by atoms with E-state index in [1.807, 2.05) is 24.3 Å². The molecule has 0 amide bonds. The number of nitrogens with zero attached hydrogens (tertiary/aromatic N) is 1. The molecule has 0 saturated heterocycles. The van der Waals surface area contributed by atoms with Gasteiger partial charge in [0.25, 0.3) is 0 Å². The molecule has 0 aliphatic heterocycles. The van der Waals surface area contributed by atoms with Crippen molar-refractivity contribution < 1.29 is 19.7 Å². The van der Waals surface area contributed by atoms with Gasteiger partial charge in [-0.05, 0) is 31.5 Å². The monoisotopic (exact) mass is 315 g/mol. The van der Waals surface area contributed by atoms with Gasteiger partial charge in [-0.3, -0.25) is 9.78 Å². The van der Waals surface area contributed by atoms with Crippen LogP contribution < -0.4 is 0 Å². The quantitative estimate of drug-likeness (QED) is 0.856. The van der Waals surface area contributed by atoms with Crippen LogP contribution in [0.4, 0.5) is 0 Å². The predicted molar refractivity (Wildman–Crippen MR) is 89.0 cm³/mol. The highest BCUT2D eigenvalue weighted by molar-refractivity contribution is 5.82. The minimum absolute atomic E-state index is 0.0941. The molecule has 2 aromatic rings. The number of carbonyl (C=O) groups is 1. The molecule has 0 spiro atoms. The van der Waals surface area contributed by atoms with Crippen molar-refractivity contribution in [1.29, 1.82) is 0 Å². The summed E-state index contributed by atoms with van der Waals surface area (Å²) in [4.78, 5) is 15.8. The van der Waals surface area contributed by atoms with Gasteiger partial charge < -0.3 is 14.9 Å². The third kappa shape index (κ3) is 3.94. The number of hydrogen-bond acceptors (Lipinski definition) is 4. The predicted octanol–water partition coefficient (Wildman–Crippen LogP) is 3.04. The van der Waals surface area contributed by atoms with Crippen LogP contribution in [0.3, 0.4) is 0 Å². The van der Waals surface area contributed by atoms with Crippen LogP contribution >= 0.6 is 0 Å². The number of aromatic nitrogens is 1. The Hall–Kier alpha value is -2.24. The molecule has 5 nitrogen and oxygen atoms in total. The van der Waals surface area contributed by atoms with Crippen molar-refractivity contribution in [3.8, 4) is 0 Å². The summed E-state index contributed by atoms with van der Waals surface area (Å²) in [6.07, 6.45) is 2.75. The van der Waals surface area contributed by atoms with Gasteiger partial charge in [-0.1, -0.05) is 30.4 Å². The first-order valence-electron chi connectivity index (χ1n) is 7.36. The first kappa shape index (κ1) is 17.1. The molecule has 122 valence electrons. The fourth-order valence-electron chi connectivity index (χ4n) is 2.25. The van der Waals surface area contributed by atoms with E-state index >= 15 is 0 Å². The smallest absolute Gasteiger partial charge is 0.315 e. The van der Waals surface area contributed by atoms with Crippen LogP contribution in [0.1, 0.15) is 31.2 Å². The van der Waals surface area contributed by atoms with E-state index in [0.29, 0.717) is 5.69 Å². The number of carboxylic acid groups (broad SMARTS) is 1. The maximum Gasteiger partial charge on any atom is 0.315 e. The van der Waals surface area contributed by atoms with Crippen molar-refractivity contribution in [3.05, 3.63) is 47.7 Å². The van der Waals surface area contributed by atoms with Crippen LogP contribution in [-0.2, 0) is 9.53 Å². The average Bonchev–Trinajstić information content (AvgIpc) is 2.52. The number of aliphatic hydroxyl groups is 1. The zero-order valence-electron chi connectivity index (χ0n) is 13.5. The molecule has 1 heterocycles. The molecule has 1 aromatic heterocycles. The lowest BCUT2D eigenvalue weighted by Crippen LogP contribution is -2.30. The second-order valence-electron chi connectivity index (χ2n) is 5.85. The number of aliphatic hydroxyl groups excluding tert-OH is 1. The zero-order valence-corrected chi connectivity index (χ0v) is 13.5. The number of hydrogen-bond donors (Lipinski definition) is 2. The Labute approximate surface area is 135 Å². The molecule has 2 atom stereocenters. The molecular formula is C18H21NO4. The van der Waals surface area contributed by atoms with E-state index in [9.17, 15) is 15.0 Å². The summed E-state index contributed by atoms with van der Waals surface area (Å²) in [6.45, 7) is 3.37. The lowest BCUT2D eigenvalue weighted by molar-refractivity contribution is -0.147. The average molecular weight is 315 g/mol. The maximum atomic E-state index is 11.4. The Balaban J connectivity index is 2.36. The summed E-state index contributed by atoms with van der Waals surface area (Å²) in [7, 11) is 1.48. The number of pyridine rings is 1. The summed E-state index contributed by atoms with van der Waals surface area (Å²) in [5, 5.41) is 19.9. The Morgan fingerprint density at radius 3 is 2.70 bits per heavy atom. The fourth-order valence-corrected chi connectivity index (χ4v) is 2.25. The topological polar surface area (TPSA) is 79.7 Å². The second-order valence-corrected chi connectivity index (χ2v) is 5.85. The molecule has 2 rings (SSSR count). The van der Waals surface area contributed by atoms with E-state index in [0.717, 1.165) is 16.5 Å². The van der Waals surface area contributed by atoms with Crippen LogP contribution in [0.5, 0.6) is 0 Å². The molecule has 0 aliphatic carbocycles. The number of fused-ring (bicyclic) bond motifs is 1. The van der Waals surface area contributed by atoms with E-state index in [1.165, 1.54) is 7.11 Å². The summed E-state index contributed by atoms with van der Waals surface area (Å²) < 4.78 is 5.00. The summed E-state index contributed by atoms with van der Waals surface area (Å²) in [5.41, 5.74) is 1.12. The minimum atomic E-state index is -1.08. The van der Waals surface area contributed by atoms with Gasteiger partial charge in [0.15, 0.2) is 0 Å². The van der Waals surface area contributed by atoms with Crippen LogP contribution in [0, 0.1) is 5.41 Å². The molecule has 1 aromatic carbocycles. The highest BCUT2D eigenvalue weighted by Crippen LogP contribution is 2.23. The molecule has 0 radical (unpaired) electrons. The van der Waals surface area contributed by atoms with E-state index in [-0.39, 0.29) is 6.61 Å². The first-order chi connectivity index (χ1) is 10.9. The van der Waals surface area contributed by atoms with Crippen LogP contribution in [0.2, 0.25) is 0 Å². The fraction of sp³-hybridized carbons (Fsp3) is 0.333. The van der Waals surface area contributed by atoms with E-state index < -0.39 is 17.5 Å². The lowest BCUT2D eigenvalue weighted by Gasteiger charge is -2.19. The van der Waals surface area contributed by atoms with Crippen LogP contribution in [-0.4, -0.2) is 34.9 Å². The number of ether oxygens (including phenoxy) is 1. The van der Waals surface area contributed by atoms with Crippen LogP contribution in [0.25, 0.3) is 17.0 Å². The Bertz CT molecular complexity index is 739. The maximum absolute atomic E-state index is 11.4. The van der Waals surface area contributed by atoms with Crippen molar-refractivity contribution in [2.45, 2.75) is 20.0 Å². The van der Waals surface area contributed by atoms with Crippen molar-refractivity contribution >= 4 is 22.9 Å². The first-order valence-corrected chi connectivity index (χ1v) is 7.36. The Morgan fingerprint density at radius 1 is 1.39 bits per heavy atom. The summed E-state index contributed by atoms with van der Waals surface area (Å²) >= 11 is 0. The third-order valence-electron chi connectivity index (χ3n) is 3.74. The van der Waals surface area contributed by atoms with E-state index in [4.69, 9.17) is 4.74 Å². The molecule has 0 bridgehead atoms. The number of rotatable bonds is 6. The van der Waals surface area contributed by atoms with Gasteiger partial charge in [-0.15, -0.1) is 0 Å². The second kappa shape index (κ2) is 6.89. The number of aliphatic carboxylic acids is 1. The number of methoxy groups -OCH3 is 1. The summed E-state index contributed by atoms with van der Waals surface area (Å²) in [5.74, 6) is -0.939. The van der Waals surface area contributed by atoms with Gasteiger partial charge in [0.1, 0.15) is 5.41 Å². The molecule has 5 heteroatoms. The normalized spacial score (nSPS) is 15.7. The molecule has 0 fully saturated rings. The molecule has 0 aliphatic rings. The van der Waals surface area contributed by atoms with Gasteiger partial charge in [-0.25, -0.2) is 0 Å². The molecule has 2 N–H and O–H groups in total. The van der Waals surface area contributed by atoms with Crippen molar-refractivity contribution in [2.75, 3.05) is 13.7 Å². The van der Waals surface area contributed by atoms with E-state index in [1.54, 1.807) is 32.1 Å². The van der Waals surface area contributed by atoms with Gasteiger partial charge in [0, 0.05) is 12.5 Å². The van der Waals surface area contributed by atoms with Gasteiger partial charge >= 0.3 is 5.97 Å². The van der Waals surface area contributed by atoms with E-state index in [2.05, 4.69) is 4.98 Å². The number of carboxylic acids is 1. The van der Waals surface area contributed by atoms with Gasteiger partial charge in [-0.2, -0.15) is 0 Å². The SMILES string of the molecule is COC[C@@](C)(C=Cc1ccc2ccc([C@@H](C)O)nc2c1)C(=O)O. The lowest BCUT2D eigenvalue weighted by atomic mass is 9.90. The highest BCUT2D eigenvalue weighted by Gasteiger charge is 2.29.